The highest BCUT2D eigenvalue weighted by atomic mass is 19.4. The van der Waals surface area contributed by atoms with Crippen molar-refractivity contribution in [2.75, 3.05) is 31.5 Å². The third-order valence-electron chi connectivity index (χ3n) is 5.73. The number of alkyl halides is 4. The van der Waals surface area contributed by atoms with Crippen LogP contribution in [0.15, 0.2) is 30.5 Å². The molecule has 0 aliphatic carbocycles. The molecule has 31 heavy (non-hydrogen) atoms. The molecule has 2 aliphatic rings. The smallest absolute Gasteiger partial charge is 0.381 e. The fraction of sp³-hybridized carbons (Fsp3) is 0.476. The molecule has 2 aromatic rings. The zero-order chi connectivity index (χ0) is 22.2. The Morgan fingerprint density at radius 3 is 2.87 bits per heavy atom. The van der Waals surface area contributed by atoms with Crippen LogP contribution in [0.25, 0.3) is 10.9 Å². The summed E-state index contributed by atoms with van der Waals surface area (Å²) in [7, 11) is 0. The molecule has 1 unspecified atom stereocenters. The molecule has 2 aliphatic heterocycles. The van der Waals surface area contributed by atoms with E-state index in [9.17, 15) is 22.4 Å². The summed E-state index contributed by atoms with van der Waals surface area (Å²) >= 11 is 0. The molecule has 1 N–H and O–H groups in total. The topological polar surface area (TPSA) is 72.3 Å². The van der Waals surface area contributed by atoms with Crippen molar-refractivity contribution in [2.45, 2.75) is 37.3 Å². The van der Waals surface area contributed by atoms with Crippen LogP contribution in [0, 0.1) is 11.3 Å². The highest BCUT2D eigenvalue weighted by Gasteiger charge is 2.37. The molecule has 0 radical (unpaired) electrons. The van der Waals surface area contributed by atoms with E-state index in [2.05, 4.69) is 10.3 Å². The van der Waals surface area contributed by atoms with Gasteiger partial charge in [0.25, 0.3) is 0 Å². The van der Waals surface area contributed by atoms with Gasteiger partial charge in [0.1, 0.15) is 12.2 Å². The van der Waals surface area contributed by atoms with Gasteiger partial charge in [0.15, 0.2) is 0 Å². The Labute approximate surface area is 176 Å². The minimum Gasteiger partial charge on any atom is -0.381 e. The summed E-state index contributed by atoms with van der Waals surface area (Å²) in [6.07, 6.45) is -3.71. The number of benzene rings is 1. The number of nitrogens with zero attached hydrogens (tertiary/aromatic N) is 4. The van der Waals surface area contributed by atoms with E-state index in [4.69, 9.17) is 5.26 Å². The largest absolute Gasteiger partial charge is 0.418 e. The molecule has 0 spiro atoms. The van der Waals surface area contributed by atoms with Crippen LogP contribution in [-0.4, -0.2) is 65.1 Å². The maximum atomic E-state index is 13.6. The number of nitriles is 1. The van der Waals surface area contributed by atoms with Crippen molar-refractivity contribution >= 4 is 22.5 Å². The van der Waals surface area contributed by atoms with Crippen LogP contribution in [0.1, 0.15) is 18.4 Å². The van der Waals surface area contributed by atoms with Crippen molar-refractivity contribution in [1.82, 2.24) is 14.8 Å². The van der Waals surface area contributed by atoms with E-state index in [1.54, 1.807) is 18.2 Å². The van der Waals surface area contributed by atoms with Crippen molar-refractivity contribution in [3.05, 3.63) is 36.0 Å². The lowest BCUT2D eigenvalue weighted by Gasteiger charge is -2.23. The van der Waals surface area contributed by atoms with Gasteiger partial charge in [-0.05, 0) is 24.6 Å². The van der Waals surface area contributed by atoms with Crippen LogP contribution in [0.3, 0.4) is 0 Å². The van der Waals surface area contributed by atoms with Crippen molar-refractivity contribution < 1.29 is 22.4 Å². The van der Waals surface area contributed by atoms with Gasteiger partial charge in [0.05, 0.1) is 30.2 Å². The first-order valence-electron chi connectivity index (χ1n) is 10.0. The second-order valence-corrected chi connectivity index (χ2v) is 7.99. The van der Waals surface area contributed by atoms with Gasteiger partial charge < -0.3 is 10.2 Å². The predicted molar refractivity (Wildman–Crippen MR) is 106 cm³/mol. The van der Waals surface area contributed by atoms with Crippen molar-refractivity contribution in [3.63, 3.8) is 0 Å². The standard InChI is InChI=1S/C21H21F4N5O/c22-14-7-17(9-26)30(10-14)19(31)12-29-5-3-15(11-29)28-16-6-13-2-1-4-27-20(13)18(8-16)21(23,24)25/h1-2,4,6,8,14-15,17,28H,3,5,7,10-12H2/t14-,15+,17?/m0/s1. The van der Waals surface area contributed by atoms with Gasteiger partial charge in [0.2, 0.25) is 5.91 Å². The molecule has 4 rings (SSSR count). The fourth-order valence-corrected chi connectivity index (χ4v) is 4.29. The number of halogens is 4. The molecule has 2 fully saturated rings. The number of nitrogens with one attached hydrogen (secondary N) is 1. The number of hydrogen-bond acceptors (Lipinski definition) is 5. The Morgan fingerprint density at radius 1 is 1.32 bits per heavy atom. The summed E-state index contributed by atoms with van der Waals surface area (Å²) in [6, 6.07) is 6.95. The van der Waals surface area contributed by atoms with Crippen molar-refractivity contribution in [1.29, 1.82) is 5.26 Å². The van der Waals surface area contributed by atoms with Crippen LogP contribution < -0.4 is 5.32 Å². The number of carbonyl (C=O) groups excluding carboxylic acids is 1. The van der Waals surface area contributed by atoms with E-state index in [1.807, 2.05) is 11.0 Å². The maximum absolute atomic E-state index is 13.6. The van der Waals surface area contributed by atoms with E-state index >= 15 is 0 Å². The number of fused-ring (bicyclic) bond motifs is 1. The zero-order valence-corrected chi connectivity index (χ0v) is 16.6. The lowest BCUT2D eigenvalue weighted by Crippen LogP contribution is -2.42. The minimum absolute atomic E-state index is 0.0325. The minimum atomic E-state index is -4.53. The van der Waals surface area contributed by atoms with Gasteiger partial charge in [-0.2, -0.15) is 18.4 Å². The molecule has 1 aromatic carbocycles. The van der Waals surface area contributed by atoms with Gasteiger partial charge in [-0.15, -0.1) is 0 Å². The molecular weight excluding hydrogens is 414 g/mol. The zero-order valence-electron chi connectivity index (χ0n) is 16.6. The average molecular weight is 435 g/mol. The summed E-state index contributed by atoms with van der Waals surface area (Å²) in [5, 5.41) is 12.6. The highest BCUT2D eigenvalue weighted by Crippen LogP contribution is 2.36. The molecule has 1 aromatic heterocycles. The molecule has 1 amide bonds. The number of hydrogen-bond donors (Lipinski definition) is 1. The van der Waals surface area contributed by atoms with Crippen LogP contribution in [-0.2, 0) is 11.0 Å². The Hall–Kier alpha value is -2.93. The normalized spacial score (nSPS) is 24.5. The van der Waals surface area contributed by atoms with Crippen LogP contribution >= 0.6 is 0 Å². The van der Waals surface area contributed by atoms with E-state index in [1.165, 1.54) is 11.1 Å². The fourth-order valence-electron chi connectivity index (χ4n) is 4.29. The molecule has 10 heteroatoms. The summed E-state index contributed by atoms with van der Waals surface area (Å²) in [4.78, 5) is 19.5. The third kappa shape index (κ3) is 4.56. The SMILES string of the molecule is N#CC1C[C@H](F)CN1C(=O)CN1CC[C@@H](Nc2cc(C(F)(F)F)c3ncccc3c2)C1. The van der Waals surface area contributed by atoms with E-state index in [0.29, 0.717) is 30.6 Å². The Balaban J connectivity index is 1.42. The Morgan fingerprint density at radius 2 is 2.13 bits per heavy atom. The Kier molecular flexibility index (Phi) is 5.71. The highest BCUT2D eigenvalue weighted by molar-refractivity contribution is 5.86. The summed E-state index contributed by atoms with van der Waals surface area (Å²) < 4.78 is 54.0. The summed E-state index contributed by atoms with van der Waals surface area (Å²) in [6.45, 7) is 1.02. The van der Waals surface area contributed by atoms with Crippen LogP contribution in [0.2, 0.25) is 0 Å². The molecular formula is C21H21F4N5O. The van der Waals surface area contributed by atoms with E-state index < -0.39 is 24.0 Å². The van der Waals surface area contributed by atoms with Gasteiger partial charge in [-0.1, -0.05) is 6.07 Å². The average Bonchev–Trinajstić information content (AvgIpc) is 3.32. The van der Waals surface area contributed by atoms with E-state index in [0.717, 1.165) is 6.07 Å². The molecule has 2 saturated heterocycles. The van der Waals surface area contributed by atoms with E-state index in [-0.39, 0.29) is 37.0 Å². The number of aromatic nitrogens is 1. The maximum Gasteiger partial charge on any atom is 0.418 e. The van der Waals surface area contributed by atoms with Gasteiger partial charge in [-0.3, -0.25) is 14.7 Å². The lowest BCUT2D eigenvalue weighted by molar-refractivity contribution is -0.136. The molecule has 3 heterocycles. The first kappa shape index (κ1) is 21.3. The predicted octanol–water partition coefficient (Wildman–Crippen LogP) is 3.20. The number of carbonyl (C=O) groups is 1. The monoisotopic (exact) mass is 435 g/mol. The molecule has 3 atom stereocenters. The van der Waals surface area contributed by atoms with Gasteiger partial charge >= 0.3 is 6.18 Å². The number of rotatable bonds is 4. The molecule has 164 valence electrons. The van der Waals surface area contributed by atoms with Gasteiger partial charge in [0, 0.05) is 42.8 Å². The van der Waals surface area contributed by atoms with Crippen LogP contribution in [0.4, 0.5) is 23.2 Å². The molecule has 0 bridgehead atoms. The first-order valence-corrected chi connectivity index (χ1v) is 10.0. The van der Waals surface area contributed by atoms with Crippen LogP contribution in [0.5, 0.6) is 0 Å². The lowest BCUT2D eigenvalue weighted by atomic mass is 10.1. The summed E-state index contributed by atoms with van der Waals surface area (Å²) in [5.41, 5.74) is -0.547. The van der Waals surface area contributed by atoms with Crippen molar-refractivity contribution in [3.8, 4) is 6.07 Å². The number of amides is 1. The number of anilines is 1. The second-order valence-electron chi connectivity index (χ2n) is 7.99. The first-order chi connectivity index (χ1) is 14.7. The van der Waals surface area contributed by atoms with Gasteiger partial charge in [-0.25, -0.2) is 4.39 Å². The quantitative estimate of drug-likeness (QED) is 0.747. The third-order valence-corrected chi connectivity index (χ3v) is 5.73. The van der Waals surface area contributed by atoms with Crippen molar-refractivity contribution in [2.24, 2.45) is 0 Å². The second kappa shape index (κ2) is 8.30. The summed E-state index contributed by atoms with van der Waals surface area (Å²) in [5.74, 6) is -0.302. The number of pyridine rings is 1. The molecule has 0 saturated carbocycles. The molecule has 6 nitrogen and oxygen atoms in total. The number of likely N-dealkylation sites (tertiary alicyclic amines) is 2. The Bertz CT molecular complexity index is 1020.